The maximum atomic E-state index is 11.8. The van der Waals surface area contributed by atoms with E-state index in [4.69, 9.17) is 4.74 Å². The predicted molar refractivity (Wildman–Crippen MR) is 123 cm³/mol. The summed E-state index contributed by atoms with van der Waals surface area (Å²) in [5.41, 5.74) is 0. The Kier molecular flexibility index (Phi) is 22.4. The molecule has 29 heavy (non-hydrogen) atoms. The van der Waals surface area contributed by atoms with Crippen molar-refractivity contribution in [2.45, 2.75) is 130 Å². The SMILES string of the molecule is CCCCCCCCCCCCCCCCCC[N+](C)(C)CC(=O)OC(C)C.[Cl-]. The molecule has 0 amide bonds. The lowest BCUT2D eigenvalue weighted by atomic mass is 10.0. The van der Waals surface area contributed by atoms with Gasteiger partial charge in [0, 0.05) is 0 Å². The topological polar surface area (TPSA) is 26.3 Å². The molecule has 0 bridgehead atoms. The van der Waals surface area contributed by atoms with Gasteiger partial charge in [0.15, 0.2) is 6.54 Å². The average Bonchev–Trinajstić information content (AvgIpc) is 2.60. The number of ether oxygens (including phenoxy) is 1. The minimum atomic E-state index is -0.0727. The second kappa shape index (κ2) is 21.0. The van der Waals surface area contributed by atoms with Crippen LogP contribution in [0, 0.1) is 0 Å². The first-order valence-corrected chi connectivity index (χ1v) is 12.4. The van der Waals surface area contributed by atoms with Crippen LogP contribution in [-0.2, 0) is 9.53 Å². The van der Waals surface area contributed by atoms with Gasteiger partial charge in [-0.25, -0.2) is 4.79 Å². The third-order valence-electron chi connectivity index (χ3n) is 5.54. The maximum absolute atomic E-state index is 11.8. The first-order valence-electron chi connectivity index (χ1n) is 12.4. The van der Waals surface area contributed by atoms with E-state index in [0.717, 1.165) is 11.0 Å². The normalized spacial score (nSPS) is 11.5. The molecule has 0 aliphatic rings. The van der Waals surface area contributed by atoms with Crippen molar-refractivity contribution >= 4 is 5.97 Å². The summed E-state index contributed by atoms with van der Waals surface area (Å²) in [6.45, 7) is 7.65. The minimum Gasteiger partial charge on any atom is -1.00 e. The molecule has 0 heterocycles. The van der Waals surface area contributed by atoms with Gasteiger partial charge in [0.1, 0.15) is 0 Å². The summed E-state index contributed by atoms with van der Waals surface area (Å²) < 4.78 is 6.00. The zero-order chi connectivity index (χ0) is 21.1. The molecule has 4 heteroatoms. The number of halogens is 1. The molecule has 0 aromatic carbocycles. The van der Waals surface area contributed by atoms with Crippen LogP contribution < -0.4 is 12.4 Å². The van der Waals surface area contributed by atoms with Crippen molar-refractivity contribution in [1.82, 2.24) is 0 Å². The number of unbranched alkanes of at least 4 members (excludes halogenated alkanes) is 15. The molecule has 0 fully saturated rings. The lowest BCUT2D eigenvalue weighted by Crippen LogP contribution is -3.00. The molecule has 0 N–H and O–H groups in total. The van der Waals surface area contributed by atoms with Crippen molar-refractivity contribution in [2.24, 2.45) is 0 Å². The van der Waals surface area contributed by atoms with Crippen molar-refractivity contribution in [2.75, 3.05) is 27.2 Å². The lowest BCUT2D eigenvalue weighted by Gasteiger charge is -2.28. The molecule has 176 valence electrons. The zero-order valence-electron chi connectivity index (χ0n) is 20.4. The van der Waals surface area contributed by atoms with Crippen LogP contribution in [-0.4, -0.2) is 43.7 Å². The van der Waals surface area contributed by atoms with Crippen LogP contribution in [0.4, 0.5) is 0 Å². The average molecular weight is 434 g/mol. The highest BCUT2D eigenvalue weighted by atomic mass is 35.5. The van der Waals surface area contributed by atoms with Crippen LogP contribution in [0.15, 0.2) is 0 Å². The van der Waals surface area contributed by atoms with E-state index in [2.05, 4.69) is 21.0 Å². The Hall–Kier alpha value is -0.280. The Labute approximate surface area is 189 Å². The number of quaternary nitrogens is 1. The third kappa shape index (κ3) is 23.9. The van der Waals surface area contributed by atoms with E-state index in [1.807, 2.05) is 13.8 Å². The van der Waals surface area contributed by atoms with Crippen molar-refractivity contribution in [3.05, 3.63) is 0 Å². The molecule has 0 aromatic heterocycles. The van der Waals surface area contributed by atoms with Crippen LogP contribution in [0.2, 0.25) is 0 Å². The van der Waals surface area contributed by atoms with Gasteiger partial charge < -0.3 is 21.6 Å². The molecule has 0 saturated heterocycles. The van der Waals surface area contributed by atoms with Crippen molar-refractivity contribution in [3.63, 3.8) is 0 Å². The van der Waals surface area contributed by atoms with E-state index in [1.54, 1.807) is 0 Å². The van der Waals surface area contributed by atoms with Gasteiger partial charge in [-0.1, -0.05) is 96.8 Å². The Bertz CT molecular complexity index is 359. The van der Waals surface area contributed by atoms with Gasteiger partial charge in [0.05, 0.1) is 26.7 Å². The van der Waals surface area contributed by atoms with E-state index in [0.29, 0.717) is 6.54 Å². The molecule has 0 aliphatic carbocycles. The number of carbonyl (C=O) groups is 1. The second-order valence-corrected chi connectivity index (χ2v) is 9.66. The monoisotopic (exact) mass is 433 g/mol. The maximum Gasteiger partial charge on any atom is 0.362 e. The number of nitrogens with zero attached hydrogens (tertiary/aromatic N) is 1. The van der Waals surface area contributed by atoms with E-state index in [9.17, 15) is 4.79 Å². The first kappa shape index (κ1) is 30.9. The highest BCUT2D eigenvalue weighted by Crippen LogP contribution is 2.14. The van der Waals surface area contributed by atoms with Crippen LogP contribution >= 0.6 is 0 Å². The molecule has 0 rings (SSSR count). The second-order valence-electron chi connectivity index (χ2n) is 9.66. The zero-order valence-corrected chi connectivity index (χ0v) is 21.2. The standard InChI is InChI=1S/C25H52NO2.ClH/c1-6-7-8-9-10-11-12-13-14-15-16-17-18-19-20-21-22-26(4,5)23-25(27)28-24(2)3;/h24H,6-23H2,1-5H3;1H/q+1;/p-1. The van der Waals surface area contributed by atoms with Gasteiger partial charge in [-0.05, 0) is 26.7 Å². The van der Waals surface area contributed by atoms with Crippen molar-refractivity contribution < 1.29 is 26.4 Å². The van der Waals surface area contributed by atoms with E-state index >= 15 is 0 Å². The molecule has 3 nitrogen and oxygen atoms in total. The molecule has 0 radical (unpaired) electrons. The summed E-state index contributed by atoms with van der Waals surface area (Å²) in [6.07, 6.45) is 22.4. The molecule has 0 unspecified atom stereocenters. The number of esters is 1. The molecule has 0 aliphatic heterocycles. The first-order chi connectivity index (χ1) is 13.4. The van der Waals surface area contributed by atoms with Crippen molar-refractivity contribution in [1.29, 1.82) is 0 Å². The van der Waals surface area contributed by atoms with E-state index in [-0.39, 0.29) is 24.5 Å². The number of likely N-dealkylation sites (N-methyl/N-ethyl adjacent to an activating group) is 1. The van der Waals surface area contributed by atoms with Gasteiger partial charge in [-0.3, -0.25) is 0 Å². The largest absolute Gasteiger partial charge is 1.00 e. The minimum absolute atomic E-state index is 0. The smallest absolute Gasteiger partial charge is 0.362 e. The fourth-order valence-corrected chi connectivity index (χ4v) is 3.82. The summed E-state index contributed by atoms with van der Waals surface area (Å²) >= 11 is 0. The van der Waals surface area contributed by atoms with Crippen molar-refractivity contribution in [3.8, 4) is 0 Å². The van der Waals surface area contributed by atoms with Crippen LogP contribution in [0.1, 0.15) is 124 Å². The molecule has 0 spiro atoms. The number of hydrogen-bond donors (Lipinski definition) is 0. The summed E-state index contributed by atoms with van der Waals surface area (Å²) in [5, 5.41) is 0. The molecule has 0 atom stereocenters. The number of carbonyl (C=O) groups excluding carboxylic acids is 1. The van der Waals surface area contributed by atoms with Gasteiger partial charge in [-0.2, -0.15) is 0 Å². The Morgan fingerprint density at radius 1 is 0.690 bits per heavy atom. The van der Waals surface area contributed by atoms with Gasteiger partial charge in [0.2, 0.25) is 0 Å². The molecular weight excluding hydrogens is 382 g/mol. The van der Waals surface area contributed by atoms with Gasteiger partial charge in [0.25, 0.3) is 0 Å². The lowest BCUT2D eigenvalue weighted by molar-refractivity contribution is -0.883. The molecular formula is C25H52ClNO2. The summed E-state index contributed by atoms with van der Waals surface area (Å²) in [4.78, 5) is 11.8. The predicted octanol–water partition coefficient (Wildman–Crippen LogP) is 4.28. The van der Waals surface area contributed by atoms with Crippen LogP contribution in [0.5, 0.6) is 0 Å². The Morgan fingerprint density at radius 2 is 1.03 bits per heavy atom. The fourth-order valence-electron chi connectivity index (χ4n) is 3.82. The number of rotatable bonds is 20. The Morgan fingerprint density at radius 3 is 1.38 bits per heavy atom. The third-order valence-corrected chi connectivity index (χ3v) is 5.54. The molecule has 0 aromatic rings. The molecule has 0 saturated carbocycles. The number of hydrogen-bond acceptors (Lipinski definition) is 2. The summed E-state index contributed by atoms with van der Waals surface area (Å²) in [7, 11) is 4.26. The fraction of sp³-hybridized carbons (Fsp3) is 0.960. The van der Waals surface area contributed by atoms with E-state index < -0.39 is 0 Å². The Balaban J connectivity index is 0. The highest BCUT2D eigenvalue weighted by molar-refractivity contribution is 5.70. The van der Waals surface area contributed by atoms with Crippen LogP contribution in [0.3, 0.4) is 0 Å². The highest BCUT2D eigenvalue weighted by Gasteiger charge is 2.21. The quantitative estimate of drug-likeness (QED) is 0.163. The van der Waals surface area contributed by atoms with E-state index in [1.165, 1.54) is 103 Å². The summed E-state index contributed by atoms with van der Waals surface area (Å²) in [6, 6.07) is 0. The van der Waals surface area contributed by atoms with Crippen LogP contribution in [0.25, 0.3) is 0 Å². The summed E-state index contributed by atoms with van der Waals surface area (Å²) in [5.74, 6) is -0.0727. The van der Waals surface area contributed by atoms with Gasteiger partial charge in [-0.15, -0.1) is 0 Å². The van der Waals surface area contributed by atoms with Gasteiger partial charge >= 0.3 is 5.97 Å².